The Balaban J connectivity index is 1.59. The van der Waals surface area contributed by atoms with Gasteiger partial charge in [-0.3, -0.25) is 9.59 Å². The molecule has 2 bridgehead atoms. The zero-order valence-corrected chi connectivity index (χ0v) is 12.8. The van der Waals surface area contributed by atoms with Crippen molar-refractivity contribution in [3.63, 3.8) is 0 Å². The number of nitrogens with zero attached hydrogens (tertiary/aromatic N) is 1. The van der Waals surface area contributed by atoms with Crippen LogP contribution in [0.5, 0.6) is 0 Å². The average Bonchev–Trinajstić information content (AvgIpc) is 3.20. The first kappa shape index (κ1) is 13.0. The molecule has 2 saturated heterocycles. The zero-order chi connectivity index (χ0) is 15.7. The van der Waals surface area contributed by atoms with Crippen molar-refractivity contribution in [1.29, 1.82) is 0 Å². The van der Waals surface area contributed by atoms with Crippen molar-refractivity contribution in [2.45, 2.75) is 19.0 Å². The molecule has 0 unspecified atom stereocenters. The van der Waals surface area contributed by atoms with E-state index in [1.165, 1.54) is 16.0 Å². The monoisotopic (exact) mass is 305 g/mol. The smallest absolute Gasteiger partial charge is 0.244 e. The summed E-state index contributed by atoms with van der Waals surface area (Å²) in [6.07, 6.45) is 0. The highest BCUT2D eigenvalue weighted by Crippen LogP contribution is 2.51. The summed E-state index contributed by atoms with van der Waals surface area (Å²) in [6.45, 7) is 2.00. The summed E-state index contributed by atoms with van der Waals surface area (Å²) in [5.41, 5.74) is 4.27. The Morgan fingerprint density at radius 1 is 0.826 bits per heavy atom. The Kier molecular flexibility index (Phi) is 2.43. The molecule has 2 amide bonds. The van der Waals surface area contributed by atoms with Gasteiger partial charge in [-0.2, -0.15) is 0 Å². The van der Waals surface area contributed by atoms with Crippen molar-refractivity contribution < 1.29 is 14.9 Å². The molecule has 0 radical (unpaired) electrons. The van der Waals surface area contributed by atoms with Crippen LogP contribution in [0.3, 0.4) is 0 Å². The first-order valence-electron chi connectivity index (χ1n) is 8.05. The van der Waals surface area contributed by atoms with Crippen LogP contribution in [-0.4, -0.2) is 11.8 Å². The van der Waals surface area contributed by atoms with E-state index in [1.54, 1.807) is 0 Å². The lowest BCUT2D eigenvalue weighted by molar-refractivity contribution is -0.707. The Labute approximate surface area is 134 Å². The van der Waals surface area contributed by atoms with Gasteiger partial charge in [0.2, 0.25) is 11.8 Å². The topological polar surface area (TPSA) is 54.0 Å². The molecule has 3 heterocycles. The van der Waals surface area contributed by atoms with Gasteiger partial charge in [0.1, 0.15) is 23.9 Å². The maximum atomic E-state index is 13.0. The van der Waals surface area contributed by atoms with Crippen LogP contribution in [0.25, 0.3) is 0 Å². The molecular weight excluding hydrogens is 288 g/mol. The third kappa shape index (κ3) is 1.54. The molecule has 2 fully saturated rings. The van der Waals surface area contributed by atoms with Crippen molar-refractivity contribution in [3.05, 3.63) is 65.2 Å². The maximum absolute atomic E-state index is 13.0. The van der Waals surface area contributed by atoms with Crippen LogP contribution in [0, 0.1) is 18.8 Å². The highest BCUT2D eigenvalue weighted by molar-refractivity contribution is 6.22. The summed E-state index contributed by atoms with van der Waals surface area (Å²) in [7, 11) is 0. The van der Waals surface area contributed by atoms with Crippen LogP contribution in [-0.2, 0) is 9.59 Å². The fourth-order valence-electron chi connectivity index (χ4n) is 4.59. The van der Waals surface area contributed by atoms with Gasteiger partial charge in [-0.15, -0.1) is 0 Å². The molecule has 4 nitrogen and oxygen atoms in total. The van der Waals surface area contributed by atoms with Crippen molar-refractivity contribution in [2.24, 2.45) is 11.8 Å². The van der Waals surface area contributed by atoms with E-state index in [1.807, 2.05) is 43.3 Å². The third-order valence-electron chi connectivity index (χ3n) is 5.59. The van der Waals surface area contributed by atoms with Crippen LogP contribution < -0.4 is 10.2 Å². The summed E-state index contributed by atoms with van der Waals surface area (Å²) < 4.78 is 0. The molecule has 4 heteroatoms. The van der Waals surface area contributed by atoms with Gasteiger partial charge in [-0.25, -0.2) is 4.90 Å². The number of amides is 2. The highest BCUT2D eigenvalue weighted by Gasteiger charge is 2.66. The molecule has 0 aromatic heterocycles. The molecule has 4 atom stereocenters. The van der Waals surface area contributed by atoms with E-state index in [0.29, 0.717) is 5.69 Å². The Morgan fingerprint density at radius 2 is 1.35 bits per heavy atom. The molecular formula is C19H17N2O2+. The minimum atomic E-state index is -0.219. The minimum Gasteiger partial charge on any atom is -0.332 e. The molecule has 23 heavy (non-hydrogen) atoms. The highest BCUT2D eigenvalue weighted by atomic mass is 16.2. The Hall–Kier alpha value is -2.46. The largest absolute Gasteiger partial charge is 0.332 e. The predicted octanol–water partition coefficient (Wildman–Crippen LogP) is 1.47. The lowest BCUT2D eigenvalue weighted by Gasteiger charge is -2.17. The molecule has 2 N–H and O–H groups in total. The fraction of sp³-hybridized carbons (Fsp3) is 0.263. The number of fused-ring (bicyclic) bond motifs is 8. The number of benzene rings is 2. The van der Waals surface area contributed by atoms with E-state index in [2.05, 4.69) is 17.4 Å². The maximum Gasteiger partial charge on any atom is 0.244 e. The van der Waals surface area contributed by atoms with Gasteiger partial charge in [0.25, 0.3) is 0 Å². The molecule has 5 rings (SSSR count). The van der Waals surface area contributed by atoms with Gasteiger partial charge >= 0.3 is 0 Å². The molecule has 3 aliphatic heterocycles. The Bertz CT molecular complexity index is 796. The number of carbonyl (C=O) groups is 2. The van der Waals surface area contributed by atoms with Gasteiger partial charge in [-0.05, 0) is 19.1 Å². The van der Waals surface area contributed by atoms with Crippen LogP contribution in [0.1, 0.15) is 28.8 Å². The van der Waals surface area contributed by atoms with Crippen LogP contribution in [0.4, 0.5) is 5.69 Å². The quantitative estimate of drug-likeness (QED) is 0.811. The van der Waals surface area contributed by atoms with Crippen LogP contribution in [0.15, 0.2) is 48.5 Å². The molecule has 2 aromatic carbocycles. The summed E-state index contributed by atoms with van der Waals surface area (Å²) in [6, 6.07) is 16.0. The first-order chi connectivity index (χ1) is 11.2. The van der Waals surface area contributed by atoms with E-state index in [9.17, 15) is 9.59 Å². The van der Waals surface area contributed by atoms with E-state index in [0.717, 1.165) is 5.56 Å². The number of anilines is 1. The van der Waals surface area contributed by atoms with Crippen LogP contribution in [0.2, 0.25) is 0 Å². The number of aryl methyl sites for hydroxylation is 1. The molecule has 0 spiro atoms. The number of nitrogens with two attached hydrogens (primary N) is 1. The third-order valence-corrected chi connectivity index (χ3v) is 5.59. The van der Waals surface area contributed by atoms with Gasteiger partial charge in [-0.1, -0.05) is 42.0 Å². The summed E-state index contributed by atoms with van der Waals surface area (Å²) >= 11 is 0. The SMILES string of the molecule is Cc1ccc(N2C(=O)[C@@H]3[C@H](C2=O)[C@@H]2[NH2+][C@H]3c3ccccc32)cc1. The predicted molar refractivity (Wildman–Crippen MR) is 84.5 cm³/mol. The second kappa shape index (κ2) is 4.30. The number of carbonyl (C=O) groups excluding carboxylic acids is 2. The van der Waals surface area contributed by atoms with Gasteiger partial charge in [0.05, 0.1) is 5.69 Å². The molecule has 0 saturated carbocycles. The molecule has 3 aliphatic rings. The summed E-state index contributed by atoms with van der Waals surface area (Å²) in [5.74, 6) is -0.517. The normalized spacial score (nSPS) is 30.7. The van der Waals surface area contributed by atoms with E-state index < -0.39 is 0 Å². The standard InChI is InChI=1S/C19H16N2O2/c1-10-6-8-11(9-7-10)21-18(22)14-15(19(21)23)17-13-5-3-2-4-12(13)16(14)20-17/h2-9,14-17,20H,1H3/p+1/t14-,15+,16+,17-. The number of hydrogen-bond donors (Lipinski definition) is 1. The lowest BCUT2D eigenvalue weighted by atomic mass is 9.77. The van der Waals surface area contributed by atoms with Gasteiger partial charge < -0.3 is 5.32 Å². The summed E-state index contributed by atoms with van der Waals surface area (Å²) in [5, 5.41) is 2.21. The average molecular weight is 305 g/mol. The number of rotatable bonds is 1. The number of imide groups is 1. The van der Waals surface area contributed by atoms with Crippen LogP contribution >= 0.6 is 0 Å². The molecule has 114 valence electrons. The minimum absolute atomic E-state index is 0.0397. The Morgan fingerprint density at radius 3 is 1.87 bits per heavy atom. The van der Waals surface area contributed by atoms with Gasteiger partial charge in [0, 0.05) is 11.1 Å². The first-order valence-corrected chi connectivity index (χ1v) is 8.05. The fourth-order valence-corrected chi connectivity index (χ4v) is 4.59. The molecule has 2 aromatic rings. The number of quaternary nitrogens is 1. The van der Waals surface area contributed by atoms with E-state index in [4.69, 9.17) is 0 Å². The lowest BCUT2D eigenvalue weighted by Crippen LogP contribution is -2.81. The van der Waals surface area contributed by atoms with Crippen molar-refractivity contribution in [3.8, 4) is 0 Å². The summed E-state index contributed by atoms with van der Waals surface area (Å²) in [4.78, 5) is 27.3. The van der Waals surface area contributed by atoms with Crippen molar-refractivity contribution >= 4 is 17.5 Å². The van der Waals surface area contributed by atoms with E-state index in [-0.39, 0.29) is 35.7 Å². The second-order valence-corrected chi connectivity index (χ2v) is 6.77. The van der Waals surface area contributed by atoms with E-state index >= 15 is 0 Å². The molecule has 0 aliphatic carbocycles. The second-order valence-electron chi connectivity index (χ2n) is 6.77. The zero-order valence-electron chi connectivity index (χ0n) is 12.8. The van der Waals surface area contributed by atoms with Gasteiger partial charge in [0.15, 0.2) is 0 Å². The number of hydrogen-bond acceptors (Lipinski definition) is 2. The van der Waals surface area contributed by atoms with Crippen molar-refractivity contribution in [2.75, 3.05) is 4.90 Å². The van der Waals surface area contributed by atoms with Crippen molar-refractivity contribution in [1.82, 2.24) is 0 Å².